The molecule has 0 saturated heterocycles. The molecule has 2 N–H and O–H groups in total. The molecule has 2 rings (SSSR count). The summed E-state index contributed by atoms with van der Waals surface area (Å²) in [5.74, 6) is 0. The molecular weight excluding hydrogens is 333 g/mol. The average molecular weight is 345 g/mol. The minimum absolute atomic E-state index is 0.0715. The normalized spacial score (nSPS) is 12.4. The minimum Gasteiger partial charge on any atom is -0.324 e. The summed E-state index contributed by atoms with van der Waals surface area (Å²) in [5, 5.41) is 1.43. The summed E-state index contributed by atoms with van der Waals surface area (Å²) in [7, 11) is 0. The molecular formula is C14H12BrCl2N. The lowest BCUT2D eigenvalue weighted by atomic mass is 10.00. The van der Waals surface area contributed by atoms with E-state index in [9.17, 15) is 0 Å². The van der Waals surface area contributed by atoms with E-state index in [0.717, 1.165) is 27.0 Å². The summed E-state index contributed by atoms with van der Waals surface area (Å²) in [4.78, 5) is 0. The molecule has 2 aromatic rings. The van der Waals surface area contributed by atoms with Gasteiger partial charge in [0.25, 0.3) is 0 Å². The molecule has 0 aliphatic carbocycles. The van der Waals surface area contributed by atoms with Crippen molar-refractivity contribution in [1.82, 2.24) is 0 Å². The van der Waals surface area contributed by atoms with Crippen LogP contribution < -0.4 is 5.73 Å². The van der Waals surface area contributed by atoms with E-state index >= 15 is 0 Å². The van der Waals surface area contributed by atoms with Crippen molar-refractivity contribution in [1.29, 1.82) is 0 Å². The lowest BCUT2D eigenvalue weighted by Crippen LogP contribution is -2.13. The number of hydrogen-bond donors (Lipinski definition) is 1. The maximum atomic E-state index is 6.21. The van der Waals surface area contributed by atoms with Gasteiger partial charge in [-0.15, -0.1) is 0 Å². The van der Waals surface area contributed by atoms with E-state index in [-0.39, 0.29) is 6.04 Å². The van der Waals surface area contributed by atoms with Gasteiger partial charge in [0.05, 0.1) is 0 Å². The maximum Gasteiger partial charge on any atom is 0.0417 e. The van der Waals surface area contributed by atoms with Crippen LogP contribution in [0, 0.1) is 0 Å². The molecule has 0 fully saturated rings. The first-order chi connectivity index (χ1) is 8.56. The predicted octanol–water partition coefficient (Wildman–Crippen LogP) is 5.00. The second-order valence-electron chi connectivity index (χ2n) is 4.10. The van der Waals surface area contributed by atoms with E-state index in [2.05, 4.69) is 15.9 Å². The van der Waals surface area contributed by atoms with Crippen molar-refractivity contribution in [2.24, 2.45) is 5.73 Å². The summed E-state index contributed by atoms with van der Waals surface area (Å²) < 4.78 is 0.941. The monoisotopic (exact) mass is 343 g/mol. The van der Waals surface area contributed by atoms with Crippen LogP contribution in [-0.2, 0) is 6.42 Å². The molecule has 0 radical (unpaired) electrons. The first kappa shape index (κ1) is 13.9. The quantitative estimate of drug-likeness (QED) is 0.833. The lowest BCUT2D eigenvalue weighted by molar-refractivity contribution is 0.718. The summed E-state index contributed by atoms with van der Waals surface area (Å²) in [5.41, 5.74) is 8.42. The standard InChI is InChI=1S/C14H12BrCl2N/c15-13-8-11(17)5-6-12(13)14(18)7-9-1-3-10(16)4-2-9/h1-6,8,14H,7,18H2. The van der Waals surface area contributed by atoms with Gasteiger partial charge in [-0.2, -0.15) is 0 Å². The number of halogens is 3. The Hall–Kier alpha value is -0.540. The van der Waals surface area contributed by atoms with Gasteiger partial charge in [-0.1, -0.05) is 57.3 Å². The number of rotatable bonds is 3. The van der Waals surface area contributed by atoms with E-state index in [0.29, 0.717) is 5.02 Å². The highest BCUT2D eigenvalue weighted by Crippen LogP contribution is 2.27. The van der Waals surface area contributed by atoms with Crippen LogP contribution in [0.1, 0.15) is 17.2 Å². The first-order valence-electron chi connectivity index (χ1n) is 5.51. The molecule has 4 heteroatoms. The van der Waals surface area contributed by atoms with Crippen molar-refractivity contribution in [3.63, 3.8) is 0 Å². The van der Waals surface area contributed by atoms with Gasteiger partial charge in [0.15, 0.2) is 0 Å². The van der Waals surface area contributed by atoms with Gasteiger partial charge in [-0.3, -0.25) is 0 Å². The zero-order valence-electron chi connectivity index (χ0n) is 9.54. The van der Waals surface area contributed by atoms with Crippen molar-refractivity contribution in [3.8, 4) is 0 Å². The molecule has 0 saturated carbocycles. The predicted molar refractivity (Wildman–Crippen MR) is 81.2 cm³/mol. The fraction of sp³-hybridized carbons (Fsp3) is 0.143. The Bertz CT molecular complexity index is 540. The van der Waals surface area contributed by atoms with Crippen LogP contribution in [0.25, 0.3) is 0 Å². The number of benzene rings is 2. The van der Waals surface area contributed by atoms with Gasteiger partial charge < -0.3 is 5.73 Å². The van der Waals surface area contributed by atoms with E-state index < -0.39 is 0 Å². The van der Waals surface area contributed by atoms with Gasteiger partial charge in [-0.25, -0.2) is 0 Å². The number of hydrogen-bond acceptors (Lipinski definition) is 1. The lowest BCUT2D eigenvalue weighted by Gasteiger charge is -2.14. The highest BCUT2D eigenvalue weighted by atomic mass is 79.9. The third-order valence-electron chi connectivity index (χ3n) is 2.73. The van der Waals surface area contributed by atoms with Crippen LogP contribution in [0.3, 0.4) is 0 Å². The first-order valence-corrected chi connectivity index (χ1v) is 7.06. The molecule has 0 heterocycles. The summed E-state index contributed by atoms with van der Waals surface area (Å²) >= 11 is 15.3. The molecule has 94 valence electrons. The Morgan fingerprint density at radius 3 is 2.22 bits per heavy atom. The van der Waals surface area contributed by atoms with Crippen molar-refractivity contribution >= 4 is 39.1 Å². The average Bonchev–Trinajstić information content (AvgIpc) is 2.32. The Balaban J connectivity index is 2.16. The van der Waals surface area contributed by atoms with Gasteiger partial charge in [0.2, 0.25) is 0 Å². The summed E-state index contributed by atoms with van der Waals surface area (Å²) in [6.07, 6.45) is 0.761. The van der Waals surface area contributed by atoms with E-state index in [1.54, 1.807) is 0 Å². The van der Waals surface area contributed by atoms with E-state index in [1.807, 2.05) is 42.5 Å². The van der Waals surface area contributed by atoms with Crippen molar-refractivity contribution in [2.45, 2.75) is 12.5 Å². The van der Waals surface area contributed by atoms with Gasteiger partial charge in [0, 0.05) is 20.6 Å². The molecule has 1 nitrogen and oxygen atoms in total. The topological polar surface area (TPSA) is 26.0 Å². The fourth-order valence-corrected chi connectivity index (χ4v) is 2.89. The fourth-order valence-electron chi connectivity index (χ4n) is 1.79. The third kappa shape index (κ3) is 3.48. The molecule has 1 unspecified atom stereocenters. The van der Waals surface area contributed by atoms with Crippen LogP contribution in [0.5, 0.6) is 0 Å². The molecule has 18 heavy (non-hydrogen) atoms. The molecule has 1 atom stereocenters. The van der Waals surface area contributed by atoms with E-state index in [1.165, 1.54) is 0 Å². The Labute approximate surface area is 125 Å². The minimum atomic E-state index is -0.0715. The maximum absolute atomic E-state index is 6.21. The highest BCUT2D eigenvalue weighted by Gasteiger charge is 2.11. The Kier molecular flexibility index (Phi) is 4.68. The van der Waals surface area contributed by atoms with E-state index in [4.69, 9.17) is 28.9 Å². The van der Waals surface area contributed by atoms with Gasteiger partial charge in [0.1, 0.15) is 0 Å². The van der Waals surface area contributed by atoms with Gasteiger partial charge >= 0.3 is 0 Å². The summed E-state index contributed by atoms with van der Waals surface area (Å²) in [6, 6.07) is 13.3. The van der Waals surface area contributed by atoms with Crippen molar-refractivity contribution < 1.29 is 0 Å². The largest absolute Gasteiger partial charge is 0.324 e. The van der Waals surface area contributed by atoms with Crippen LogP contribution in [0.2, 0.25) is 10.0 Å². The SMILES string of the molecule is NC(Cc1ccc(Cl)cc1)c1ccc(Cl)cc1Br. The zero-order valence-corrected chi connectivity index (χ0v) is 12.6. The molecule has 0 bridgehead atoms. The highest BCUT2D eigenvalue weighted by molar-refractivity contribution is 9.10. The van der Waals surface area contributed by atoms with Gasteiger partial charge in [-0.05, 0) is 41.8 Å². The van der Waals surface area contributed by atoms with Crippen LogP contribution in [0.15, 0.2) is 46.9 Å². The molecule has 0 aliphatic rings. The molecule has 0 spiro atoms. The van der Waals surface area contributed by atoms with Crippen LogP contribution in [0.4, 0.5) is 0 Å². The second kappa shape index (κ2) is 6.07. The van der Waals surface area contributed by atoms with Crippen molar-refractivity contribution in [2.75, 3.05) is 0 Å². The third-order valence-corrected chi connectivity index (χ3v) is 3.90. The second-order valence-corrected chi connectivity index (χ2v) is 5.83. The Morgan fingerprint density at radius 1 is 1.00 bits per heavy atom. The molecule has 0 aromatic heterocycles. The molecule has 2 aromatic carbocycles. The molecule has 0 amide bonds. The summed E-state index contributed by atoms with van der Waals surface area (Å²) in [6.45, 7) is 0. The molecule has 0 aliphatic heterocycles. The van der Waals surface area contributed by atoms with Crippen LogP contribution in [-0.4, -0.2) is 0 Å². The number of nitrogens with two attached hydrogens (primary N) is 1. The van der Waals surface area contributed by atoms with Crippen LogP contribution >= 0.6 is 39.1 Å². The smallest absolute Gasteiger partial charge is 0.0417 e. The zero-order chi connectivity index (χ0) is 13.1. The Morgan fingerprint density at radius 2 is 1.61 bits per heavy atom. The van der Waals surface area contributed by atoms with Crippen molar-refractivity contribution in [3.05, 3.63) is 68.1 Å².